The van der Waals surface area contributed by atoms with Gasteiger partial charge in [-0.1, -0.05) is 38.8 Å². The van der Waals surface area contributed by atoms with Crippen molar-refractivity contribution < 1.29 is 37.8 Å². The van der Waals surface area contributed by atoms with Crippen LogP contribution in [0.1, 0.15) is 71.6 Å². The Labute approximate surface area is 175 Å². The van der Waals surface area contributed by atoms with Crippen molar-refractivity contribution in [2.45, 2.75) is 83.9 Å². The number of aliphatic hydroxyl groups is 1. The summed E-state index contributed by atoms with van der Waals surface area (Å²) in [5.74, 6) is -3.82. The zero-order chi connectivity index (χ0) is 22.9. The van der Waals surface area contributed by atoms with Crippen molar-refractivity contribution in [1.29, 1.82) is 0 Å². The third kappa shape index (κ3) is 8.58. The molecule has 0 saturated heterocycles. The largest absolute Gasteiger partial charge is 0.481 e. The van der Waals surface area contributed by atoms with Gasteiger partial charge in [-0.05, 0) is 31.1 Å². The SMILES string of the molecule is CCCCC(C(O)C=CC1C(C)CC(=O)C1CCC(=O)CCCC(=O)O)C(F)(F)F. The molecule has 0 aromatic carbocycles. The number of aliphatic carboxylic acids is 1. The minimum absolute atomic E-state index is 0.0247. The minimum atomic E-state index is -4.50. The maximum atomic E-state index is 13.2. The number of carboxylic acids is 1. The van der Waals surface area contributed by atoms with Gasteiger partial charge >= 0.3 is 12.1 Å². The third-order valence-electron chi connectivity index (χ3n) is 5.87. The fourth-order valence-electron chi connectivity index (χ4n) is 4.10. The number of halogens is 3. The normalized spacial score (nSPS) is 24.3. The number of ketones is 2. The fourth-order valence-corrected chi connectivity index (χ4v) is 4.10. The predicted molar refractivity (Wildman–Crippen MR) is 106 cm³/mol. The van der Waals surface area contributed by atoms with E-state index in [1.807, 2.05) is 6.92 Å². The Kier molecular flexibility index (Phi) is 10.7. The molecule has 0 aliphatic heterocycles. The highest BCUT2D eigenvalue weighted by molar-refractivity contribution is 5.85. The summed E-state index contributed by atoms with van der Waals surface area (Å²) in [5, 5.41) is 18.8. The summed E-state index contributed by atoms with van der Waals surface area (Å²) in [4.78, 5) is 34.8. The van der Waals surface area contributed by atoms with Gasteiger partial charge in [0.05, 0.1) is 12.0 Å². The summed E-state index contributed by atoms with van der Waals surface area (Å²) < 4.78 is 39.7. The molecule has 0 amide bonds. The van der Waals surface area contributed by atoms with Crippen molar-refractivity contribution in [3.8, 4) is 0 Å². The van der Waals surface area contributed by atoms with E-state index < -0.39 is 30.1 Å². The third-order valence-corrected chi connectivity index (χ3v) is 5.87. The highest BCUT2D eigenvalue weighted by Crippen LogP contribution is 2.39. The van der Waals surface area contributed by atoms with E-state index in [-0.39, 0.29) is 55.5 Å². The molecule has 1 aliphatic rings. The lowest BCUT2D eigenvalue weighted by Crippen LogP contribution is -2.33. The lowest BCUT2D eigenvalue weighted by Gasteiger charge is -2.24. The number of rotatable bonds is 13. The second-order valence-electron chi connectivity index (χ2n) is 8.32. The van der Waals surface area contributed by atoms with E-state index in [1.165, 1.54) is 6.08 Å². The van der Waals surface area contributed by atoms with Crippen LogP contribution in [0.15, 0.2) is 12.2 Å². The lowest BCUT2D eigenvalue weighted by molar-refractivity contribution is -0.195. The van der Waals surface area contributed by atoms with Crippen LogP contribution in [0.25, 0.3) is 0 Å². The maximum absolute atomic E-state index is 13.2. The van der Waals surface area contributed by atoms with Gasteiger partial charge in [-0.15, -0.1) is 0 Å². The van der Waals surface area contributed by atoms with Crippen LogP contribution in [0, 0.1) is 23.7 Å². The number of carboxylic acid groups (broad SMARTS) is 1. The van der Waals surface area contributed by atoms with Gasteiger partial charge in [0.1, 0.15) is 11.6 Å². The zero-order valence-corrected chi connectivity index (χ0v) is 17.7. The van der Waals surface area contributed by atoms with E-state index in [4.69, 9.17) is 5.11 Å². The number of unbranched alkanes of at least 4 members (excludes halogenated alkanes) is 1. The molecule has 1 aliphatic carbocycles. The Morgan fingerprint density at radius 2 is 1.87 bits per heavy atom. The summed E-state index contributed by atoms with van der Waals surface area (Å²) in [7, 11) is 0. The molecule has 0 spiro atoms. The highest BCUT2D eigenvalue weighted by Gasteiger charge is 2.43. The van der Waals surface area contributed by atoms with E-state index in [1.54, 1.807) is 6.92 Å². The molecule has 0 aromatic rings. The van der Waals surface area contributed by atoms with Crippen LogP contribution in [0.2, 0.25) is 0 Å². The molecule has 1 rings (SSSR count). The average Bonchev–Trinajstić information content (AvgIpc) is 2.89. The summed E-state index contributed by atoms with van der Waals surface area (Å²) in [6, 6.07) is 0. The Balaban J connectivity index is 2.73. The number of hydrogen-bond donors (Lipinski definition) is 2. The highest BCUT2D eigenvalue weighted by atomic mass is 19.4. The monoisotopic (exact) mass is 434 g/mol. The summed E-state index contributed by atoms with van der Waals surface area (Å²) in [6.45, 7) is 3.63. The molecule has 1 fully saturated rings. The lowest BCUT2D eigenvalue weighted by atomic mass is 9.85. The second-order valence-corrected chi connectivity index (χ2v) is 8.32. The molecular formula is C22H33F3O5. The molecule has 0 heterocycles. The van der Waals surface area contributed by atoms with Crippen molar-refractivity contribution in [1.82, 2.24) is 0 Å². The van der Waals surface area contributed by atoms with Gasteiger partial charge in [-0.25, -0.2) is 0 Å². The molecule has 5 unspecified atom stereocenters. The number of hydrogen-bond acceptors (Lipinski definition) is 4. The first-order chi connectivity index (χ1) is 14.0. The van der Waals surface area contributed by atoms with Crippen molar-refractivity contribution in [2.75, 3.05) is 0 Å². The molecule has 172 valence electrons. The molecule has 30 heavy (non-hydrogen) atoms. The number of alkyl halides is 3. The van der Waals surface area contributed by atoms with Crippen LogP contribution in [0.3, 0.4) is 0 Å². The second kappa shape index (κ2) is 12.2. The molecule has 0 aromatic heterocycles. The maximum Gasteiger partial charge on any atom is 0.394 e. The Morgan fingerprint density at radius 1 is 1.20 bits per heavy atom. The first kappa shape index (κ1) is 26.3. The first-order valence-corrected chi connectivity index (χ1v) is 10.7. The molecular weight excluding hydrogens is 401 g/mol. The van der Waals surface area contributed by atoms with Gasteiger partial charge in [0.25, 0.3) is 0 Å². The van der Waals surface area contributed by atoms with Crippen molar-refractivity contribution >= 4 is 17.5 Å². The predicted octanol–water partition coefficient (Wildman–Crippen LogP) is 4.72. The fraction of sp³-hybridized carbons (Fsp3) is 0.773. The Hall–Kier alpha value is -1.70. The number of carbonyl (C=O) groups excluding carboxylic acids is 2. The van der Waals surface area contributed by atoms with Crippen molar-refractivity contribution in [2.24, 2.45) is 23.7 Å². The van der Waals surface area contributed by atoms with E-state index in [0.29, 0.717) is 25.7 Å². The van der Waals surface area contributed by atoms with Crippen molar-refractivity contribution in [3.63, 3.8) is 0 Å². The van der Waals surface area contributed by atoms with Gasteiger partial charge < -0.3 is 10.2 Å². The van der Waals surface area contributed by atoms with Crippen LogP contribution in [0.4, 0.5) is 13.2 Å². The van der Waals surface area contributed by atoms with Gasteiger partial charge in [0.15, 0.2) is 0 Å². The number of allylic oxidation sites excluding steroid dienone is 1. The van der Waals surface area contributed by atoms with Gasteiger partial charge in [0, 0.05) is 31.6 Å². The number of carbonyl (C=O) groups is 3. The minimum Gasteiger partial charge on any atom is -0.481 e. The van der Waals surface area contributed by atoms with Crippen molar-refractivity contribution in [3.05, 3.63) is 12.2 Å². The molecule has 5 atom stereocenters. The zero-order valence-electron chi connectivity index (χ0n) is 17.7. The average molecular weight is 434 g/mol. The summed E-state index contributed by atoms with van der Waals surface area (Å²) >= 11 is 0. The van der Waals surface area contributed by atoms with Gasteiger partial charge in [-0.3, -0.25) is 14.4 Å². The number of Topliss-reactive ketones (excluding diaryl/α,β-unsaturated/α-hetero) is 2. The number of aliphatic hydroxyl groups excluding tert-OH is 1. The quantitative estimate of drug-likeness (QED) is 0.409. The smallest absolute Gasteiger partial charge is 0.394 e. The van der Waals surface area contributed by atoms with Gasteiger partial charge in [-0.2, -0.15) is 13.2 Å². The Morgan fingerprint density at radius 3 is 2.43 bits per heavy atom. The molecule has 0 bridgehead atoms. The molecule has 1 saturated carbocycles. The van der Waals surface area contributed by atoms with Gasteiger partial charge in [0.2, 0.25) is 0 Å². The molecule has 2 N–H and O–H groups in total. The van der Waals surface area contributed by atoms with E-state index in [2.05, 4.69) is 0 Å². The van der Waals surface area contributed by atoms with Crippen LogP contribution < -0.4 is 0 Å². The van der Waals surface area contributed by atoms with E-state index in [0.717, 1.165) is 6.08 Å². The van der Waals surface area contributed by atoms with Crippen LogP contribution in [-0.4, -0.2) is 40.0 Å². The van der Waals surface area contributed by atoms with E-state index in [9.17, 15) is 32.7 Å². The van der Waals surface area contributed by atoms with Crippen LogP contribution >= 0.6 is 0 Å². The first-order valence-electron chi connectivity index (χ1n) is 10.7. The van der Waals surface area contributed by atoms with Crippen LogP contribution in [0.5, 0.6) is 0 Å². The topological polar surface area (TPSA) is 91.7 Å². The summed E-state index contributed by atoms with van der Waals surface area (Å²) in [5.41, 5.74) is 0. The van der Waals surface area contributed by atoms with E-state index >= 15 is 0 Å². The molecule has 5 nitrogen and oxygen atoms in total. The Bertz CT molecular complexity index is 614. The summed E-state index contributed by atoms with van der Waals surface area (Å²) in [6.07, 6.45) is -1.68. The molecule has 0 radical (unpaired) electrons. The standard InChI is InChI=1S/C22H33F3O5/c1-3-4-7-18(22(23,24)25)19(27)12-11-16-14(2)13-20(28)17(16)10-9-15(26)6-5-8-21(29)30/h11-12,14,16-19,27H,3-10,13H2,1-2H3,(H,29,30). The molecule has 8 heteroatoms. The van der Waals surface area contributed by atoms with Crippen LogP contribution in [-0.2, 0) is 14.4 Å².